The maximum absolute atomic E-state index is 12.3. The third kappa shape index (κ3) is 4.08. The minimum absolute atomic E-state index is 0.00982. The van der Waals surface area contributed by atoms with Gasteiger partial charge >= 0.3 is 0 Å². The summed E-state index contributed by atoms with van der Waals surface area (Å²) in [5, 5.41) is 6.42. The molecule has 5 nitrogen and oxygen atoms in total. The van der Waals surface area contributed by atoms with Crippen LogP contribution in [-0.4, -0.2) is 34.4 Å². The van der Waals surface area contributed by atoms with Crippen LogP contribution in [0.15, 0.2) is 59.8 Å². The van der Waals surface area contributed by atoms with Gasteiger partial charge in [0.2, 0.25) is 0 Å². The van der Waals surface area contributed by atoms with Crippen molar-refractivity contribution < 1.29 is 4.79 Å². The SMILES string of the molecule is O=C(N[C@H]1CCCNC1)c1ccc(SCc2cn3ccccc3n2)cc1. The largest absolute Gasteiger partial charge is 0.348 e. The van der Waals surface area contributed by atoms with Gasteiger partial charge in [-0.25, -0.2) is 4.98 Å². The van der Waals surface area contributed by atoms with Gasteiger partial charge in [-0.05, 0) is 55.8 Å². The second kappa shape index (κ2) is 7.93. The molecule has 0 aliphatic carbocycles. The Morgan fingerprint density at radius 3 is 2.92 bits per heavy atom. The topological polar surface area (TPSA) is 58.4 Å². The molecule has 2 N–H and O–H groups in total. The first-order valence-corrected chi connectivity index (χ1v) is 9.93. The predicted octanol–water partition coefficient (Wildman–Crippen LogP) is 3.11. The maximum atomic E-state index is 12.3. The molecule has 1 aromatic carbocycles. The van der Waals surface area contributed by atoms with E-state index >= 15 is 0 Å². The number of pyridine rings is 1. The molecule has 1 aliphatic rings. The van der Waals surface area contributed by atoms with E-state index in [1.165, 1.54) is 0 Å². The highest BCUT2D eigenvalue weighted by Gasteiger charge is 2.16. The molecule has 0 saturated carbocycles. The lowest BCUT2D eigenvalue weighted by Gasteiger charge is -2.23. The monoisotopic (exact) mass is 366 g/mol. The number of carbonyl (C=O) groups is 1. The summed E-state index contributed by atoms with van der Waals surface area (Å²) in [6.07, 6.45) is 6.23. The fraction of sp³-hybridized carbons (Fsp3) is 0.300. The van der Waals surface area contributed by atoms with Crippen molar-refractivity contribution in [3.05, 3.63) is 66.1 Å². The lowest BCUT2D eigenvalue weighted by atomic mass is 10.1. The van der Waals surface area contributed by atoms with Crippen molar-refractivity contribution in [3.8, 4) is 0 Å². The zero-order valence-electron chi connectivity index (χ0n) is 14.5. The minimum atomic E-state index is 0.00982. The smallest absolute Gasteiger partial charge is 0.251 e. The van der Waals surface area contributed by atoms with E-state index in [-0.39, 0.29) is 11.9 Å². The summed E-state index contributed by atoms with van der Waals surface area (Å²) >= 11 is 1.73. The van der Waals surface area contributed by atoms with Crippen LogP contribution < -0.4 is 10.6 Å². The van der Waals surface area contributed by atoms with E-state index in [1.807, 2.05) is 53.1 Å². The van der Waals surface area contributed by atoms with Crippen molar-refractivity contribution in [2.45, 2.75) is 29.5 Å². The number of piperidine rings is 1. The molecule has 1 fully saturated rings. The first-order chi connectivity index (χ1) is 12.8. The summed E-state index contributed by atoms with van der Waals surface area (Å²) in [5.41, 5.74) is 2.73. The standard InChI is InChI=1S/C20H22N4OS/c25-20(23-16-4-3-10-21-12-16)15-6-8-18(9-7-15)26-14-17-13-24-11-2-1-5-19(24)22-17/h1-2,5-9,11,13,16,21H,3-4,10,12,14H2,(H,23,25)/t16-/m0/s1. The van der Waals surface area contributed by atoms with E-state index in [1.54, 1.807) is 11.8 Å². The molecule has 0 bridgehead atoms. The normalized spacial score (nSPS) is 17.3. The van der Waals surface area contributed by atoms with Crippen LogP contribution in [0.4, 0.5) is 0 Å². The minimum Gasteiger partial charge on any atom is -0.348 e. The Morgan fingerprint density at radius 2 is 2.15 bits per heavy atom. The number of amides is 1. The van der Waals surface area contributed by atoms with Crippen LogP contribution in [0.3, 0.4) is 0 Å². The Hall–Kier alpha value is -2.31. The first kappa shape index (κ1) is 17.1. The third-order valence-corrected chi connectivity index (χ3v) is 5.59. The highest BCUT2D eigenvalue weighted by molar-refractivity contribution is 7.98. The van der Waals surface area contributed by atoms with Gasteiger partial charge in [-0.15, -0.1) is 11.8 Å². The number of nitrogens with zero attached hydrogens (tertiary/aromatic N) is 2. The summed E-state index contributed by atoms with van der Waals surface area (Å²) < 4.78 is 2.03. The molecule has 1 aliphatic heterocycles. The third-order valence-electron chi connectivity index (χ3n) is 4.55. The van der Waals surface area contributed by atoms with Crippen LogP contribution in [-0.2, 0) is 5.75 Å². The molecule has 0 radical (unpaired) electrons. The van der Waals surface area contributed by atoms with Crippen molar-refractivity contribution in [1.29, 1.82) is 0 Å². The number of thioether (sulfide) groups is 1. The molecule has 3 heterocycles. The highest BCUT2D eigenvalue weighted by atomic mass is 32.2. The van der Waals surface area contributed by atoms with E-state index in [9.17, 15) is 4.79 Å². The van der Waals surface area contributed by atoms with Gasteiger partial charge in [0.05, 0.1) is 5.69 Å². The fourth-order valence-electron chi connectivity index (χ4n) is 3.16. The summed E-state index contributed by atoms with van der Waals surface area (Å²) in [5.74, 6) is 0.816. The molecule has 0 unspecified atom stereocenters. The summed E-state index contributed by atoms with van der Waals surface area (Å²) in [6, 6.07) is 14.0. The number of fused-ring (bicyclic) bond motifs is 1. The summed E-state index contributed by atoms with van der Waals surface area (Å²) in [4.78, 5) is 18.1. The molecule has 4 rings (SSSR count). The molecule has 0 spiro atoms. The molecule has 134 valence electrons. The Balaban J connectivity index is 1.34. The van der Waals surface area contributed by atoms with Crippen LogP contribution in [0, 0.1) is 0 Å². The Morgan fingerprint density at radius 1 is 1.27 bits per heavy atom. The Bertz CT molecular complexity index is 851. The first-order valence-electron chi connectivity index (χ1n) is 8.95. The summed E-state index contributed by atoms with van der Waals surface area (Å²) in [6.45, 7) is 1.91. The zero-order chi connectivity index (χ0) is 17.8. The van der Waals surface area contributed by atoms with Gasteiger partial charge in [-0.1, -0.05) is 6.07 Å². The molecular weight excluding hydrogens is 344 g/mol. The van der Waals surface area contributed by atoms with Gasteiger partial charge in [0, 0.05) is 41.2 Å². The van der Waals surface area contributed by atoms with E-state index < -0.39 is 0 Å². The molecule has 2 aromatic heterocycles. The molecule has 1 atom stereocenters. The van der Waals surface area contributed by atoms with Crippen LogP contribution in [0.2, 0.25) is 0 Å². The lowest BCUT2D eigenvalue weighted by molar-refractivity contribution is 0.0930. The number of aromatic nitrogens is 2. The highest BCUT2D eigenvalue weighted by Crippen LogP contribution is 2.23. The van der Waals surface area contributed by atoms with Crippen LogP contribution in [0.5, 0.6) is 0 Å². The summed E-state index contributed by atoms with van der Waals surface area (Å²) in [7, 11) is 0. The van der Waals surface area contributed by atoms with Gasteiger partial charge in [0.25, 0.3) is 5.91 Å². The number of hydrogen-bond acceptors (Lipinski definition) is 4. The van der Waals surface area contributed by atoms with Crippen LogP contribution >= 0.6 is 11.8 Å². The van der Waals surface area contributed by atoms with E-state index in [4.69, 9.17) is 0 Å². The van der Waals surface area contributed by atoms with Crippen molar-refractivity contribution in [2.75, 3.05) is 13.1 Å². The quantitative estimate of drug-likeness (QED) is 0.681. The van der Waals surface area contributed by atoms with Gasteiger partial charge < -0.3 is 15.0 Å². The van der Waals surface area contributed by atoms with Gasteiger partial charge in [0.1, 0.15) is 5.65 Å². The Kier molecular flexibility index (Phi) is 5.22. The number of rotatable bonds is 5. The number of hydrogen-bond donors (Lipinski definition) is 2. The average molecular weight is 366 g/mol. The molecule has 3 aromatic rings. The van der Waals surface area contributed by atoms with Crippen molar-refractivity contribution in [3.63, 3.8) is 0 Å². The van der Waals surface area contributed by atoms with Gasteiger partial charge in [0.15, 0.2) is 0 Å². The van der Waals surface area contributed by atoms with E-state index in [2.05, 4.69) is 21.8 Å². The van der Waals surface area contributed by atoms with E-state index in [0.717, 1.165) is 47.9 Å². The number of nitrogens with one attached hydrogen (secondary N) is 2. The van der Waals surface area contributed by atoms with Crippen molar-refractivity contribution in [2.24, 2.45) is 0 Å². The Labute approximate surface area is 157 Å². The molecule has 6 heteroatoms. The van der Waals surface area contributed by atoms with Crippen LogP contribution in [0.25, 0.3) is 5.65 Å². The second-order valence-corrected chi connectivity index (χ2v) is 7.58. The van der Waals surface area contributed by atoms with Crippen molar-refractivity contribution >= 4 is 23.3 Å². The van der Waals surface area contributed by atoms with Gasteiger partial charge in [-0.3, -0.25) is 4.79 Å². The lowest BCUT2D eigenvalue weighted by Crippen LogP contribution is -2.45. The number of carbonyl (C=O) groups excluding carboxylic acids is 1. The van der Waals surface area contributed by atoms with E-state index in [0.29, 0.717) is 5.56 Å². The predicted molar refractivity (Wildman–Crippen MR) is 105 cm³/mol. The number of benzene rings is 1. The van der Waals surface area contributed by atoms with Crippen molar-refractivity contribution in [1.82, 2.24) is 20.0 Å². The van der Waals surface area contributed by atoms with Crippen LogP contribution in [0.1, 0.15) is 28.9 Å². The zero-order valence-corrected chi connectivity index (χ0v) is 15.3. The molecular formula is C20H22N4OS. The average Bonchev–Trinajstić information content (AvgIpc) is 3.10. The molecule has 1 saturated heterocycles. The van der Waals surface area contributed by atoms with Gasteiger partial charge in [-0.2, -0.15) is 0 Å². The molecule has 26 heavy (non-hydrogen) atoms. The second-order valence-electron chi connectivity index (χ2n) is 6.53. The number of imidazole rings is 1. The fourth-order valence-corrected chi connectivity index (χ4v) is 3.94. The molecule has 1 amide bonds. The maximum Gasteiger partial charge on any atom is 0.251 e.